The van der Waals surface area contributed by atoms with Crippen LogP contribution in [0.2, 0.25) is 0 Å². The summed E-state index contributed by atoms with van der Waals surface area (Å²) in [5.41, 5.74) is -27.6. The number of aromatic carboxylic acids is 1. The molecule has 672 valence electrons. The van der Waals surface area contributed by atoms with E-state index in [1.54, 1.807) is 0 Å². The molecule has 15 nitrogen and oxygen atoms in total. The van der Waals surface area contributed by atoms with E-state index in [-0.39, 0.29) is 0 Å². The van der Waals surface area contributed by atoms with Crippen molar-refractivity contribution in [1.82, 2.24) is 0 Å². The van der Waals surface area contributed by atoms with Crippen molar-refractivity contribution in [1.29, 1.82) is 0 Å². The number of hydrogen-bond acceptors (Lipinski definition) is 14. The number of carbonyl (C=O) groups excluding carboxylic acids is 6. The van der Waals surface area contributed by atoms with Crippen molar-refractivity contribution in [2.45, 2.75) is 145 Å². The number of carboxylic acid groups (broad SMARTS) is 1. The quantitative estimate of drug-likeness (QED) is 0.0146. The number of carboxylic acids is 1. The van der Waals surface area contributed by atoms with E-state index >= 15 is 79.0 Å². The maximum atomic E-state index is 16.0. The standard InChI is InChI=1S/C71H61F23O13.C10H8F4O2/c1-22(2)29-35(28(13)41(72)53(84)42(29)73)64(95)102-16-70(17-103-65(96)36-30(23(3)4)43(74)54(85)59(90)48(36)79,18-104-66(97)37-31(24(5)6)44(75)55(86)60(91)49(37)80)14-101-15-71(19-105-67(98)38-32(25(7)8)45(76)56(87)61(92)50(38)81,20-106-68(99)39-33(26(9)10)46(77)57(88)62(93)51(39)82)21-107-69(100)40-34(27(11)12)47(78)58(89)63(94)52(40)83;1-3(2)4-5(10(15)16)7(12)9(14)8(13)6(4)11/h22-27H,14-21H2,1-13H3;3H,1-2H3,(H,15,16). The molecule has 0 saturated heterocycles. The molecule has 0 aliphatic carbocycles. The Morgan fingerprint density at radius 1 is 0.211 bits per heavy atom. The Balaban J connectivity index is 0.00000131. The highest BCUT2D eigenvalue weighted by Crippen LogP contribution is 2.41. The van der Waals surface area contributed by atoms with Gasteiger partial charge in [-0.15, -0.1) is 0 Å². The van der Waals surface area contributed by atoms with E-state index in [1.807, 2.05) is 0 Å². The molecule has 0 unspecified atom stereocenters. The summed E-state index contributed by atoms with van der Waals surface area (Å²) < 4.78 is 444. The summed E-state index contributed by atoms with van der Waals surface area (Å²) in [6.45, 7) is -0.625. The zero-order valence-corrected chi connectivity index (χ0v) is 66.6. The summed E-state index contributed by atoms with van der Waals surface area (Å²) >= 11 is 0. The average Bonchev–Trinajstić information content (AvgIpc) is 0.794. The van der Waals surface area contributed by atoms with Gasteiger partial charge in [0.05, 0.1) is 29.6 Å². The van der Waals surface area contributed by atoms with E-state index < -0.39 is 387 Å². The van der Waals surface area contributed by atoms with Crippen LogP contribution in [0, 0.1) is 175 Å². The van der Waals surface area contributed by atoms with Gasteiger partial charge in [0, 0.05) is 44.5 Å². The fourth-order valence-electron chi connectivity index (χ4n) is 12.7. The van der Waals surface area contributed by atoms with Crippen LogP contribution in [0.25, 0.3) is 0 Å². The molecule has 7 rings (SSSR count). The van der Waals surface area contributed by atoms with Crippen molar-refractivity contribution in [2.24, 2.45) is 10.8 Å². The smallest absolute Gasteiger partial charge is 0.341 e. The second-order valence-corrected chi connectivity index (χ2v) is 30.0. The van der Waals surface area contributed by atoms with Crippen LogP contribution in [0.5, 0.6) is 0 Å². The van der Waals surface area contributed by atoms with Crippen LogP contribution >= 0.6 is 0 Å². The van der Waals surface area contributed by atoms with Gasteiger partial charge in [-0.2, -0.15) is 0 Å². The summed E-state index contributed by atoms with van der Waals surface area (Å²) in [4.78, 5) is 96.6. The van der Waals surface area contributed by atoms with Gasteiger partial charge < -0.3 is 38.3 Å². The van der Waals surface area contributed by atoms with E-state index in [0.717, 1.165) is 83.1 Å². The number of benzene rings is 7. The highest BCUT2D eigenvalue weighted by molar-refractivity contribution is 5.96. The third-order valence-corrected chi connectivity index (χ3v) is 18.8. The van der Waals surface area contributed by atoms with Crippen LogP contribution in [-0.4, -0.2) is 99.7 Å². The van der Waals surface area contributed by atoms with Crippen LogP contribution in [0.15, 0.2) is 0 Å². The van der Waals surface area contributed by atoms with Gasteiger partial charge >= 0.3 is 41.8 Å². The van der Waals surface area contributed by atoms with Gasteiger partial charge in [-0.3, -0.25) is 0 Å². The highest BCUT2D eigenvalue weighted by Gasteiger charge is 2.47. The molecule has 1 N–H and O–H groups in total. The molecule has 123 heavy (non-hydrogen) atoms. The molecule has 0 bridgehead atoms. The molecule has 42 heteroatoms. The van der Waals surface area contributed by atoms with E-state index in [2.05, 4.69) is 0 Å². The molecule has 7 aromatic rings. The molecular weight excluding hydrogens is 1730 g/mol. The van der Waals surface area contributed by atoms with Gasteiger partial charge in [-0.25, -0.2) is 152 Å². The van der Waals surface area contributed by atoms with Crippen molar-refractivity contribution in [3.8, 4) is 0 Å². The van der Waals surface area contributed by atoms with Crippen molar-refractivity contribution < 1.29 is 190 Å². The Morgan fingerprint density at radius 3 is 0.520 bits per heavy atom. The zero-order chi connectivity index (χ0) is 93.9. The van der Waals surface area contributed by atoms with Crippen molar-refractivity contribution in [2.75, 3.05) is 52.9 Å². The first kappa shape index (κ1) is 101. The third-order valence-electron chi connectivity index (χ3n) is 18.8. The number of carbonyl (C=O) groups is 7. The van der Waals surface area contributed by atoms with Crippen LogP contribution < -0.4 is 0 Å². The Morgan fingerprint density at radius 2 is 0.350 bits per heavy atom. The summed E-state index contributed by atoms with van der Waals surface area (Å²) in [5.74, 6) is -89.8. The highest BCUT2D eigenvalue weighted by atomic mass is 19.2. The van der Waals surface area contributed by atoms with Crippen molar-refractivity contribution >= 4 is 41.8 Å². The minimum atomic E-state index is -3.36. The predicted octanol–water partition coefficient (Wildman–Crippen LogP) is 21.4. The fourth-order valence-corrected chi connectivity index (χ4v) is 12.7. The molecule has 0 amide bonds. The maximum absolute atomic E-state index is 16.0. The van der Waals surface area contributed by atoms with E-state index in [9.17, 15) is 73.1 Å². The topological polar surface area (TPSA) is 204 Å². The first-order valence-corrected chi connectivity index (χ1v) is 36.0. The lowest BCUT2D eigenvalue weighted by molar-refractivity contribution is -0.112. The van der Waals surface area contributed by atoms with Gasteiger partial charge in [-0.05, 0) is 48.3 Å². The lowest BCUT2D eigenvalue weighted by Gasteiger charge is -2.36. The predicted molar refractivity (Wildman–Crippen MR) is 372 cm³/mol. The van der Waals surface area contributed by atoms with E-state index in [1.165, 1.54) is 13.8 Å². The number of esters is 6. The molecular formula is C81H69F27O15. The third kappa shape index (κ3) is 19.9. The molecule has 0 radical (unpaired) electrons. The summed E-state index contributed by atoms with van der Waals surface area (Å²) in [6.07, 6.45) is 0. The lowest BCUT2D eigenvalue weighted by atomic mass is 9.89. The van der Waals surface area contributed by atoms with Crippen LogP contribution in [-0.2, 0) is 33.2 Å². The molecule has 7 aromatic carbocycles. The van der Waals surface area contributed by atoms with Gasteiger partial charge in [0.1, 0.15) is 73.0 Å². The van der Waals surface area contributed by atoms with Gasteiger partial charge in [0.25, 0.3) is 0 Å². The van der Waals surface area contributed by atoms with Crippen LogP contribution in [0.3, 0.4) is 0 Å². The Labute approximate surface area is 679 Å². The van der Waals surface area contributed by atoms with Gasteiger partial charge in [0.2, 0.25) is 0 Å². The molecule has 0 aliphatic rings. The fraction of sp³-hybridized carbons (Fsp3) is 0.395. The zero-order valence-electron chi connectivity index (χ0n) is 66.6. The Bertz CT molecular complexity index is 4670. The van der Waals surface area contributed by atoms with E-state index in [4.69, 9.17) is 38.3 Å². The van der Waals surface area contributed by atoms with Crippen molar-refractivity contribution in [3.05, 3.63) is 241 Å². The van der Waals surface area contributed by atoms with Gasteiger partial charge in [0.15, 0.2) is 157 Å². The number of ether oxygens (including phenoxy) is 7. The molecule has 0 heterocycles. The largest absolute Gasteiger partial charge is 0.478 e. The summed E-state index contributed by atoms with van der Waals surface area (Å²) in [6, 6.07) is 0. The lowest BCUT2D eigenvalue weighted by Crippen LogP contribution is -2.47. The Kier molecular flexibility index (Phi) is 32.4. The van der Waals surface area contributed by atoms with Crippen LogP contribution in [0.4, 0.5) is 119 Å². The number of rotatable bonds is 30. The minimum absolute atomic E-state index is 0.666. The first-order valence-electron chi connectivity index (χ1n) is 36.0. The molecule has 0 fully saturated rings. The number of hydrogen-bond donors (Lipinski definition) is 1. The normalized spacial score (nSPS) is 11.9. The monoisotopic (exact) mass is 1790 g/mol. The van der Waals surface area contributed by atoms with E-state index in [0.29, 0.717) is 6.92 Å². The maximum Gasteiger partial charge on any atom is 0.341 e. The first-order chi connectivity index (χ1) is 56.8. The second-order valence-electron chi connectivity index (χ2n) is 30.0. The van der Waals surface area contributed by atoms with Gasteiger partial charge in [-0.1, -0.05) is 96.9 Å². The van der Waals surface area contributed by atoms with Crippen molar-refractivity contribution in [3.63, 3.8) is 0 Å². The molecule has 0 atom stereocenters. The summed E-state index contributed by atoms with van der Waals surface area (Å²) in [7, 11) is 0. The summed E-state index contributed by atoms with van der Waals surface area (Å²) in [5, 5.41) is 8.64. The SMILES string of the molecule is CC(C)c1c(F)c(F)c(F)c(F)c1C(=O)O.Cc1c(F)c(F)c(F)c(C(C)C)c1C(=O)OCC(COCC(COC(=O)c1c(F)c(F)c(F)c(F)c1C(C)C)(COC(=O)c1c(F)c(F)c(F)c(F)c1C(C)C)COC(=O)c1c(F)c(F)c(F)c(F)c1C(C)C)(COC(=O)c1c(F)c(F)c(F)c(F)c1C(C)C)COC(=O)c1c(F)c(F)c(F)c(F)c1C(C)C. The minimum Gasteiger partial charge on any atom is -0.478 e. The van der Waals surface area contributed by atoms with Crippen LogP contribution in [0.1, 0.15) is 255 Å². The average molecular weight is 1800 g/mol. The second kappa shape index (κ2) is 39.6. The number of halogens is 27. The Hall–Kier alpha value is -11.1. The molecule has 0 aliphatic heterocycles. The molecule has 0 aromatic heterocycles. The molecule has 0 saturated carbocycles. The molecule has 0 spiro atoms.